The highest BCUT2D eigenvalue weighted by molar-refractivity contribution is 7.11. The Labute approximate surface area is 90.8 Å². The van der Waals surface area contributed by atoms with Gasteiger partial charge in [0.25, 0.3) is 0 Å². The van der Waals surface area contributed by atoms with E-state index in [0.29, 0.717) is 6.04 Å². The maximum Gasteiger partial charge on any atom is 0.0928 e. The number of hydrogen-bond acceptors (Lipinski definition) is 3. The summed E-state index contributed by atoms with van der Waals surface area (Å²) in [6.07, 6.45) is 2.23. The van der Waals surface area contributed by atoms with E-state index in [0.717, 1.165) is 13.0 Å². The van der Waals surface area contributed by atoms with Gasteiger partial charge in [-0.3, -0.25) is 0 Å². The van der Waals surface area contributed by atoms with E-state index in [1.165, 1.54) is 22.0 Å². The number of aromatic nitrogens is 1. The van der Waals surface area contributed by atoms with Crippen LogP contribution in [0.4, 0.5) is 0 Å². The number of thiazole rings is 1. The molecule has 0 aliphatic heterocycles. The van der Waals surface area contributed by atoms with Crippen LogP contribution in [-0.2, 0) is 6.42 Å². The molecule has 1 aromatic heterocycles. The van der Waals surface area contributed by atoms with Crippen molar-refractivity contribution in [3.05, 3.63) is 15.6 Å². The minimum Gasteiger partial charge on any atom is -0.309 e. The van der Waals surface area contributed by atoms with E-state index < -0.39 is 0 Å². The Bertz CT molecular complexity index is 281. The molecule has 0 amide bonds. The summed E-state index contributed by atoms with van der Waals surface area (Å²) in [6, 6.07) is 0.452. The van der Waals surface area contributed by atoms with Crippen molar-refractivity contribution in [1.29, 1.82) is 0 Å². The third-order valence-electron chi connectivity index (χ3n) is 2.27. The van der Waals surface area contributed by atoms with Gasteiger partial charge in [0, 0.05) is 10.9 Å². The maximum absolute atomic E-state index is 4.54. The Hall–Kier alpha value is -0.410. The number of hydrogen-bond donors (Lipinski definition) is 1. The normalized spacial score (nSPS) is 13.1. The zero-order valence-electron chi connectivity index (χ0n) is 9.55. The molecule has 0 aromatic carbocycles. The van der Waals surface area contributed by atoms with E-state index in [9.17, 15) is 0 Å². The summed E-state index contributed by atoms with van der Waals surface area (Å²) in [7, 11) is 0. The van der Waals surface area contributed by atoms with Crippen molar-refractivity contribution in [2.75, 3.05) is 6.54 Å². The molecular formula is C11H20N2S. The second-order valence-corrected chi connectivity index (χ2v) is 4.70. The van der Waals surface area contributed by atoms with E-state index >= 15 is 0 Å². The highest BCUT2D eigenvalue weighted by atomic mass is 32.1. The molecule has 0 aliphatic carbocycles. The van der Waals surface area contributed by atoms with Crippen LogP contribution in [0.3, 0.4) is 0 Å². The summed E-state index contributed by atoms with van der Waals surface area (Å²) >= 11 is 1.84. The lowest BCUT2D eigenvalue weighted by atomic mass is 10.2. The van der Waals surface area contributed by atoms with E-state index in [1.807, 2.05) is 11.3 Å². The van der Waals surface area contributed by atoms with Gasteiger partial charge in [0.15, 0.2) is 0 Å². The predicted molar refractivity (Wildman–Crippen MR) is 62.9 cm³/mol. The van der Waals surface area contributed by atoms with Crippen molar-refractivity contribution in [2.45, 2.75) is 46.6 Å². The van der Waals surface area contributed by atoms with Crippen LogP contribution in [0.15, 0.2) is 0 Å². The number of rotatable bonds is 5. The Morgan fingerprint density at radius 2 is 2.14 bits per heavy atom. The fourth-order valence-electron chi connectivity index (χ4n) is 1.47. The molecule has 0 saturated carbocycles. The zero-order valence-corrected chi connectivity index (χ0v) is 10.4. The topological polar surface area (TPSA) is 24.9 Å². The Kier molecular flexibility index (Phi) is 4.55. The average Bonchev–Trinajstić information content (AvgIpc) is 2.56. The quantitative estimate of drug-likeness (QED) is 0.811. The van der Waals surface area contributed by atoms with Crippen LogP contribution in [0, 0.1) is 6.92 Å². The first-order chi connectivity index (χ1) is 6.69. The summed E-state index contributed by atoms with van der Waals surface area (Å²) in [6.45, 7) is 9.76. The van der Waals surface area contributed by atoms with Crippen molar-refractivity contribution in [3.63, 3.8) is 0 Å². The van der Waals surface area contributed by atoms with E-state index in [-0.39, 0.29) is 0 Å². The summed E-state index contributed by atoms with van der Waals surface area (Å²) in [5.41, 5.74) is 1.20. The van der Waals surface area contributed by atoms with Crippen LogP contribution in [0.1, 0.15) is 48.8 Å². The molecule has 1 rings (SSSR count). The molecular weight excluding hydrogens is 192 g/mol. The lowest BCUT2D eigenvalue weighted by Gasteiger charge is -2.11. The van der Waals surface area contributed by atoms with Gasteiger partial charge in [-0.2, -0.15) is 0 Å². The Balaban J connectivity index is 2.68. The molecule has 0 spiro atoms. The van der Waals surface area contributed by atoms with Crippen LogP contribution in [0.5, 0.6) is 0 Å². The first-order valence-electron chi connectivity index (χ1n) is 5.38. The van der Waals surface area contributed by atoms with Crippen LogP contribution in [0.25, 0.3) is 0 Å². The first kappa shape index (κ1) is 11.7. The minimum absolute atomic E-state index is 0.452. The fourth-order valence-corrected chi connectivity index (χ4v) is 2.51. The van der Waals surface area contributed by atoms with Crippen molar-refractivity contribution >= 4 is 11.3 Å². The SMILES string of the molecule is CCCNC(C)c1sc(CC)nc1C. The Morgan fingerprint density at radius 3 is 2.64 bits per heavy atom. The van der Waals surface area contributed by atoms with Crippen LogP contribution in [-0.4, -0.2) is 11.5 Å². The van der Waals surface area contributed by atoms with Crippen molar-refractivity contribution in [1.82, 2.24) is 10.3 Å². The highest BCUT2D eigenvalue weighted by Gasteiger charge is 2.12. The zero-order chi connectivity index (χ0) is 10.6. The van der Waals surface area contributed by atoms with Crippen molar-refractivity contribution in [2.24, 2.45) is 0 Å². The van der Waals surface area contributed by atoms with Gasteiger partial charge in [0.05, 0.1) is 10.7 Å². The monoisotopic (exact) mass is 212 g/mol. The molecule has 14 heavy (non-hydrogen) atoms. The Morgan fingerprint density at radius 1 is 1.43 bits per heavy atom. The third-order valence-corrected chi connectivity index (χ3v) is 3.76. The third kappa shape index (κ3) is 2.79. The second kappa shape index (κ2) is 5.47. The van der Waals surface area contributed by atoms with Crippen LogP contribution < -0.4 is 5.32 Å². The maximum atomic E-state index is 4.54. The molecule has 1 heterocycles. The average molecular weight is 212 g/mol. The summed E-state index contributed by atoms with van der Waals surface area (Å²) < 4.78 is 0. The molecule has 0 aliphatic rings. The molecule has 1 atom stereocenters. The molecule has 0 bridgehead atoms. The first-order valence-corrected chi connectivity index (χ1v) is 6.20. The summed E-state index contributed by atoms with van der Waals surface area (Å²) in [5.74, 6) is 0. The van der Waals surface area contributed by atoms with Gasteiger partial charge >= 0.3 is 0 Å². The molecule has 3 heteroatoms. The largest absolute Gasteiger partial charge is 0.309 e. The molecule has 1 N–H and O–H groups in total. The molecule has 80 valence electrons. The van der Waals surface area contributed by atoms with Gasteiger partial charge in [0.1, 0.15) is 0 Å². The van der Waals surface area contributed by atoms with E-state index in [4.69, 9.17) is 0 Å². The predicted octanol–water partition coefficient (Wildman–Crippen LogP) is 3.07. The smallest absolute Gasteiger partial charge is 0.0928 e. The molecule has 0 fully saturated rings. The van der Waals surface area contributed by atoms with Crippen molar-refractivity contribution in [3.8, 4) is 0 Å². The van der Waals surface area contributed by atoms with Gasteiger partial charge in [0.2, 0.25) is 0 Å². The summed E-state index contributed by atoms with van der Waals surface area (Å²) in [4.78, 5) is 5.94. The molecule has 1 unspecified atom stereocenters. The van der Waals surface area contributed by atoms with Gasteiger partial charge in [-0.05, 0) is 33.2 Å². The number of aryl methyl sites for hydroxylation is 2. The minimum atomic E-state index is 0.452. The van der Waals surface area contributed by atoms with Gasteiger partial charge < -0.3 is 5.32 Å². The van der Waals surface area contributed by atoms with Gasteiger partial charge in [-0.1, -0.05) is 13.8 Å². The molecule has 1 aromatic rings. The number of nitrogens with one attached hydrogen (secondary N) is 1. The lowest BCUT2D eigenvalue weighted by molar-refractivity contribution is 0.575. The van der Waals surface area contributed by atoms with Crippen LogP contribution in [0.2, 0.25) is 0 Å². The molecule has 0 radical (unpaired) electrons. The lowest BCUT2D eigenvalue weighted by Crippen LogP contribution is -2.18. The van der Waals surface area contributed by atoms with E-state index in [1.54, 1.807) is 0 Å². The molecule has 2 nitrogen and oxygen atoms in total. The highest BCUT2D eigenvalue weighted by Crippen LogP contribution is 2.24. The van der Waals surface area contributed by atoms with Gasteiger partial charge in [-0.25, -0.2) is 4.98 Å². The standard InChI is InChI=1S/C11H20N2S/c1-5-7-12-8(3)11-9(4)13-10(6-2)14-11/h8,12H,5-7H2,1-4H3. The van der Waals surface area contributed by atoms with Crippen molar-refractivity contribution < 1.29 is 0 Å². The second-order valence-electron chi connectivity index (χ2n) is 3.59. The van der Waals surface area contributed by atoms with Gasteiger partial charge in [-0.15, -0.1) is 11.3 Å². The fraction of sp³-hybridized carbons (Fsp3) is 0.727. The summed E-state index contributed by atoms with van der Waals surface area (Å²) in [5, 5.41) is 4.75. The molecule has 0 saturated heterocycles. The van der Waals surface area contributed by atoms with E-state index in [2.05, 4.69) is 38.0 Å². The van der Waals surface area contributed by atoms with Crippen LogP contribution >= 0.6 is 11.3 Å². The number of nitrogens with zero attached hydrogens (tertiary/aromatic N) is 1.